The van der Waals surface area contributed by atoms with Gasteiger partial charge in [-0.3, -0.25) is 9.59 Å². The molecule has 0 spiro atoms. The molecule has 1 aliphatic rings. The molecule has 0 N–H and O–H groups in total. The highest BCUT2D eigenvalue weighted by atomic mass is 28.3. The van der Waals surface area contributed by atoms with Crippen LogP contribution in [0.1, 0.15) is 33.6 Å². The van der Waals surface area contributed by atoms with E-state index in [0.717, 1.165) is 0 Å². The van der Waals surface area contributed by atoms with Crippen LogP contribution >= 0.6 is 0 Å². The number of rotatable bonds is 1. The number of carbonyl (C=O) groups excluding carboxylic acids is 2. The second-order valence-electron chi connectivity index (χ2n) is 5.84. The zero-order valence-electron chi connectivity index (χ0n) is 9.81. The predicted molar refractivity (Wildman–Crippen MR) is 60.2 cm³/mol. The van der Waals surface area contributed by atoms with Crippen LogP contribution < -0.4 is 0 Å². The SMILES string of the molecule is CC(C)(C)[Si](C)(C)C1C(=O)CCC1=O. The molecule has 2 nitrogen and oxygen atoms in total. The molecular weight excluding hydrogens is 192 g/mol. The molecule has 1 rings (SSSR count). The molecule has 1 saturated carbocycles. The van der Waals surface area contributed by atoms with Crippen molar-refractivity contribution >= 4 is 19.6 Å². The second kappa shape index (κ2) is 3.30. The highest BCUT2D eigenvalue weighted by molar-refractivity contribution is 6.87. The van der Waals surface area contributed by atoms with Crippen molar-refractivity contribution in [3.8, 4) is 0 Å². The number of ketones is 2. The lowest BCUT2D eigenvalue weighted by atomic mass is 10.2. The van der Waals surface area contributed by atoms with Crippen LogP contribution in [-0.2, 0) is 9.59 Å². The summed E-state index contributed by atoms with van der Waals surface area (Å²) in [5.74, 6) is 0.392. The molecular formula is C11H20O2Si. The van der Waals surface area contributed by atoms with Gasteiger partial charge in [0.15, 0.2) is 0 Å². The Morgan fingerprint density at radius 3 is 1.71 bits per heavy atom. The van der Waals surface area contributed by atoms with Gasteiger partial charge < -0.3 is 0 Å². The van der Waals surface area contributed by atoms with E-state index in [1.807, 2.05) is 0 Å². The first kappa shape index (κ1) is 11.6. The van der Waals surface area contributed by atoms with E-state index in [1.165, 1.54) is 0 Å². The Hall–Kier alpha value is -0.443. The van der Waals surface area contributed by atoms with E-state index in [0.29, 0.717) is 12.8 Å². The Labute approximate surface area is 87.1 Å². The van der Waals surface area contributed by atoms with Gasteiger partial charge in [0.05, 0.1) is 13.6 Å². The number of hydrogen-bond donors (Lipinski definition) is 0. The molecule has 14 heavy (non-hydrogen) atoms. The molecule has 0 radical (unpaired) electrons. The monoisotopic (exact) mass is 212 g/mol. The molecule has 0 unspecified atom stereocenters. The van der Waals surface area contributed by atoms with Gasteiger partial charge in [-0.2, -0.15) is 0 Å². The van der Waals surface area contributed by atoms with Crippen molar-refractivity contribution in [2.45, 2.75) is 57.3 Å². The van der Waals surface area contributed by atoms with Gasteiger partial charge in [-0.25, -0.2) is 0 Å². The summed E-state index contributed by atoms with van der Waals surface area (Å²) < 4.78 is 0. The van der Waals surface area contributed by atoms with E-state index >= 15 is 0 Å². The normalized spacial score (nSPS) is 20.6. The molecule has 1 fully saturated rings. The molecule has 1 aliphatic carbocycles. The fraction of sp³-hybridized carbons (Fsp3) is 0.818. The molecule has 0 aliphatic heterocycles. The number of hydrogen-bond acceptors (Lipinski definition) is 2. The van der Waals surface area contributed by atoms with Crippen molar-refractivity contribution in [2.75, 3.05) is 0 Å². The molecule has 0 aromatic rings. The Morgan fingerprint density at radius 2 is 1.43 bits per heavy atom. The summed E-state index contributed by atoms with van der Waals surface area (Å²) in [5.41, 5.74) is -0.234. The van der Waals surface area contributed by atoms with E-state index in [4.69, 9.17) is 0 Å². The van der Waals surface area contributed by atoms with Crippen molar-refractivity contribution in [2.24, 2.45) is 0 Å². The van der Waals surface area contributed by atoms with Crippen LogP contribution in [0.15, 0.2) is 0 Å². The lowest BCUT2D eigenvalue weighted by molar-refractivity contribution is -0.121. The van der Waals surface area contributed by atoms with Crippen molar-refractivity contribution in [3.05, 3.63) is 0 Å². The Bertz CT molecular complexity index is 258. The summed E-state index contributed by atoms with van der Waals surface area (Å²) in [4.78, 5) is 23.4. The largest absolute Gasteiger partial charge is 0.299 e. The third-order valence-corrected chi connectivity index (χ3v) is 9.87. The highest BCUT2D eigenvalue weighted by Gasteiger charge is 2.50. The minimum absolute atomic E-state index is 0.118. The third kappa shape index (κ3) is 1.70. The quantitative estimate of drug-likeness (QED) is 0.495. The minimum atomic E-state index is -1.80. The van der Waals surface area contributed by atoms with Gasteiger partial charge >= 0.3 is 0 Å². The van der Waals surface area contributed by atoms with E-state index < -0.39 is 8.07 Å². The molecule has 0 heterocycles. The summed E-state index contributed by atoms with van der Waals surface area (Å²) in [6, 6.07) is 0. The molecule has 0 saturated heterocycles. The summed E-state index contributed by atoms with van der Waals surface area (Å²) in [7, 11) is -1.80. The Balaban J connectivity index is 3.03. The van der Waals surface area contributed by atoms with Crippen LogP contribution in [0.2, 0.25) is 23.7 Å². The lowest BCUT2D eigenvalue weighted by Crippen LogP contribution is -2.46. The van der Waals surface area contributed by atoms with Gasteiger partial charge in [-0.05, 0) is 5.04 Å². The average molecular weight is 212 g/mol. The zero-order valence-corrected chi connectivity index (χ0v) is 10.8. The van der Waals surface area contributed by atoms with Crippen LogP contribution in [0.5, 0.6) is 0 Å². The summed E-state index contributed by atoms with van der Waals surface area (Å²) in [5, 5.41) is 0.118. The highest BCUT2D eigenvalue weighted by Crippen LogP contribution is 2.47. The number of carbonyl (C=O) groups is 2. The fourth-order valence-electron chi connectivity index (χ4n) is 1.95. The van der Waals surface area contributed by atoms with Gasteiger partial charge in [0.25, 0.3) is 0 Å². The van der Waals surface area contributed by atoms with Crippen molar-refractivity contribution in [3.63, 3.8) is 0 Å². The number of Topliss-reactive ketones (excluding diaryl/α,β-unsaturated/α-hetero) is 2. The van der Waals surface area contributed by atoms with E-state index in [2.05, 4.69) is 33.9 Å². The molecule has 0 aromatic heterocycles. The zero-order chi connectivity index (χ0) is 11.1. The van der Waals surface area contributed by atoms with Crippen LogP contribution in [0, 0.1) is 0 Å². The van der Waals surface area contributed by atoms with E-state index in [-0.39, 0.29) is 22.1 Å². The third-order valence-electron chi connectivity index (χ3n) is 3.92. The summed E-state index contributed by atoms with van der Waals surface area (Å²) in [6.45, 7) is 10.8. The summed E-state index contributed by atoms with van der Waals surface area (Å²) >= 11 is 0. The van der Waals surface area contributed by atoms with Crippen molar-refractivity contribution < 1.29 is 9.59 Å². The van der Waals surface area contributed by atoms with Gasteiger partial charge in [0, 0.05) is 12.8 Å². The first-order valence-electron chi connectivity index (χ1n) is 5.23. The maximum atomic E-state index is 11.7. The van der Waals surface area contributed by atoms with Crippen LogP contribution in [0.25, 0.3) is 0 Å². The first-order valence-corrected chi connectivity index (χ1v) is 8.31. The van der Waals surface area contributed by atoms with Gasteiger partial charge in [-0.1, -0.05) is 33.9 Å². The smallest absolute Gasteiger partial charge is 0.141 e. The fourth-order valence-corrected chi connectivity index (χ4v) is 4.72. The Kier molecular flexibility index (Phi) is 2.74. The Morgan fingerprint density at radius 1 is 1.07 bits per heavy atom. The molecule has 3 heteroatoms. The lowest BCUT2D eigenvalue weighted by Gasteiger charge is -2.40. The van der Waals surface area contributed by atoms with Gasteiger partial charge in [0.2, 0.25) is 0 Å². The molecule has 0 aromatic carbocycles. The standard InChI is InChI=1S/C11H20O2Si/c1-11(2,3)14(4,5)10-8(12)6-7-9(10)13/h10H,6-7H2,1-5H3. The maximum absolute atomic E-state index is 11.7. The van der Waals surface area contributed by atoms with E-state index in [9.17, 15) is 9.59 Å². The molecule has 0 atom stereocenters. The molecule has 0 amide bonds. The van der Waals surface area contributed by atoms with Crippen molar-refractivity contribution in [1.82, 2.24) is 0 Å². The molecule has 0 bridgehead atoms. The van der Waals surface area contributed by atoms with E-state index in [1.54, 1.807) is 0 Å². The summed E-state index contributed by atoms with van der Waals surface area (Å²) in [6.07, 6.45) is 0.964. The molecule has 80 valence electrons. The van der Waals surface area contributed by atoms with Gasteiger partial charge in [-0.15, -0.1) is 0 Å². The topological polar surface area (TPSA) is 34.1 Å². The second-order valence-corrected chi connectivity index (χ2v) is 11.4. The predicted octanol–water partition coefficient (Wildman–Crippen LogP) is 2.80. The first-order chi connectivity index (χ1) is 6.18. The van der Waals surface area contributed by atoms with Crippen LogP contribution in [0.3, 0.4) is 0 Å². The maximum Gasteiger partial charge on any atom is 0.141 e. The van der Waals surface area contributed by atoms with Crippen LogP contribution in [-0.4, -0.2) is 19.6 Å². The van der Waals surface area contributed by atoms with Crippen LogP contribution in [0.4, 0.5) is 0 Å². The minimum Gasteiger partial charge on any atom is -0.299 e. The van der Waals surface area contributed by atoms with Gasteiger partial charge in [0.1, 0.15) is 11.6 Å². The average Bonchev–Trinajstić information content (AvgIpc) is 2.28. The van der Waals surface area contributed by atoms with Crippen molar-refractivity contribution in [1.29, 1.82) is 0 Å².